The van der Waals surface area contributed by atoms with Crippen LogP contribution in [0.3, 0.4) is 0 Å². The molecule has 6 nitrogen and oxygen atoms in total. The van der Waals surface area contributed by atoms with Gasteiger partial charge in [0.05, 0.1) is 11.0 Å². The van der Waals surface area contributed by atoms with E-state index in [-0.39, 0.29) is 17.5 Å². The van der Waals surface area contributed by atoms with Crippen molar-refractivity contribution in [1.82, 2.24) is 24.6 Å². The van der Waals surface area contributed by atoms with Crippen LogP contribution < -0.4 is 0 Å². The number of hydrogen-bond donors (Lipinski definition) is 1. The van der Waals surface area contributed by atoms with Gasteiger partial charge < -0.3 is 9.88 Å². The Morgan fingerprint density at radius 3 is 2.92 bits per heavy atom. The molecule has 136 valence electrons. The third-order valence-corrected chi connectivity index (χ3v) is 4.75. The van der Waals surface area contributed by atoms with E-state index in [4.69, 9.17) is 0 Å². The number of piperidine rings is 1. The molecule has 1 fully saturated rings. The summed E-state index contributed by atoms with van der Waals surface area (Å²) in [6.45, 7) is -1.53. The van der Waals surface area contributed by atoms with Gasteiger partial charge in [-0.1, -0.05) is 12.1 Å². The Bertz CT molecular complexity index is 886. The van der Waals surface area contributed by atoms with E-state index < -0.39 is 6.55 Å². The van der Waals surface area contributed by atoms with Crippen LogP contribution >= 0.6 is 0 Å². The van der Waals surface area contributed by atoms with Gasteiger partial charge in [0.25, 0.3) is 5.91 Å². The van der Waals surface area contributed by atoms with E-state index in [9.17, 15) is 13.6 Å². The second-order valence-electron chi connectivity index (χ2n) is 6.62. The quantitative estimate of drug-likeness (QED) is 0.778. The van der Waals surface area contributed by atoms with Gasteiger partial charge in [0.1, 0.15) is 5.82 Å². The number of nitrogens with one attached hydrogen (secondary N) is 1. The summed E-state index contributed by atoms with van der Waals surface area (Å²) in [4.78, 5) is 22.2. The van der Waals surface area contributed by atoms with Gasteiger partial charge >= 0.3 is 6.55 Å². The topological polar surface area (TPSA) is 66.8 Å². The Hall–Kier alpha value is -2.77. The van der Waals surface area contributed by atoms with Crippen molar-refractivity contribution in [2.75, 3.05) is 13.1 Å². The smallest absolute Gasteiger partial charge is 0.333 e. The summed E-state index contributed by atoms with van der Waals surface area (Å²) in [7, 11) is 0. The Kier molecular flexibility index (Phi) is 4.40. The van der Waals surface area contributed by atoms with E-state index in [2.05, 4.69) is 15.1 Å². The molecule has 1 amide bonds. The molecule has 0 aliphatic carbocycles. The molecular formula is C18H19F2N5O. The Labute approximate surface area is 148 Å². The minimum Gasteiger partial charge on any atom is -0.342 e. The normalized spacial score (nSPS) is 18.0. The molecule has 1 aliphatic heterocycles. The standard InChI is InChI=1S/C18H19F2N5O/c19-18(20)25-9-7-15(23-25)17(26)24-8-3-4-12(11-24)10-16-21-13-5-1-2-6-14(13)22-16/h1-2,5-7,9,12,18H,3-4,8,10-11H2,(H,21,22). The number of nitrogens with zero attached hydrogens (tertiary/aromatic N) is 4. The number of para-hydroxylation sites is 2. The maximum absolute atomic E-state index is 12.6. The highest BCUT2D eigenvalue weighted by Gasteiger charge is 2.27. The molecule has 1 N–H and O–H groups in total. The van der Waals surface area contributed by atoms with Crippen molar-refractivity contribution in [2.45, 2.75) is 25.8 Å². The summed E-state index contributed by atoms with van der Waals surface area (Å²) >= 11 is 0. The zero-order valence-corrected chi connectivity index (χ0v) is 14.1. The molecule has 3 heterocycles. The van der Waals surface area contributed by atoms with Crippen molar-refractivity contribution in [2.24, 2.45) is 5.92 Å². The zero-order valence-electron chi connectivity index (χ0n) is 14.1. The Morgan fingerprint density at radius 1 is 1.31 bits per heavy atom. The minimum atomic E-state index is -2.74. The fourth-order valence-electron chi connectivity index (χ4n) is 3.51. The average Bonchev–Trinajstić information content (AvgIpc) is 3.28. The van der Waals surface area contributed by atoms with E-state index >= 15 is 0 Å². The molecular weight excluding hydrogens is 340 g/mol. The van der Waals surface area contributed by atoms with Crippen LogP contribution in [0.2, 0.25) is 0 Å². The van der Waals surface area contributed by atoms with Crippen molar-refractivity contribution in [3.05, 3.63) is 48.0 Å². The molecule has 1 aromatic carbocycles. The molecule has 26 heavy (non-hydrogen) atoms. The van der Waals surface area contributed by atoms with E-state index in [1.165, 1.54) is 6.07 Å². The predicted octanol–water partition coefficient (Wildman–Crippen LogP) is 3.25. The number of aromatic amines is 1. The minimum absolute atomic E-state index is 0.0645. The molecule has 1 aliphatic rings. The lowest BCUT2D eigenvalue weighted by Crippen LogP contribution is -2.40. The molecule has 1 saturated heterocycles. The zero-order chi connectivity index (χ0) is 18.1. The predicted molar refractivity (Wildman–Crippen MR) is 91.9 cm³/mol. The van der Waals surface area contributed by atoms with Crippen LogP contribution in [0.1, 0.15) is 35.7 Å². The highest BCUT2D eigenvalue weighted by Crippen LogP contribution is 2.22. The van der Waals surface area contributed by atoms with Gasteiger partial charge in [-0.15, -0.1) is 0 Å². The lowest BCUT2D eigenvalue weighted by atomic mass is 9.94. The lowest BCUT2D eigenvalue weighted by Gasteiger charge is -2.32. The third kappa shape index (κ3) is 3.31. The highest BCUT2D eigenvalue weighted by molar-refractivity contribution is 5.92. The monoisotopic (exact) mass is 359 g/mol. The van der Waals surface area contributed by atoms with Gasteiger partial charge in [-0.3, -0.25) is 4.79 Å². The second-order valence-corrected chi connectivity index (χ2v) is 6.62. The number of rotatable bonds is 4. The van der Waals surface area contributed by atoms with Crippen LogP contribution in [0.15, 0.2) is 36.5 Å². The molecule has 0 saturated carbocycles. The molecule has 0 radical (unpaired) electrons. The van der Waals surface area contributed by atoms with Crippen molar-refractivity contribution >= 4 is 16.9 Å². The van der Waals surface area contributed by atoms with Gasteiger partial charge in [0, 0.05) is 25.7 Å². The summed E-state index contributed by atoms with van der Waals surface area (Å²) < 4.78 is 25.8. The first kappa shape index (κ1) is 16.7. The summed E-state index contributed by atoms with van der Waals surface area (Å²) in [6.07, 6.45) is 3.77. The number of likely N-dealkylation sites (tertiary alicyclic amines) is 1. The number of fused-ring (bicyclic) bond motifs is 1. The number of hydrogen-bond acceptors (Lipinski definition) is 3. The van der Waals surface area contributed by atoms with Crippen LogP contribution in [0.4, 0.5) is 8.78 Å². The number of amides is 1. The maximum atomic E-state index is 12.6. The SMILES string of the molecule is O=C(c1ccn(C(F)F)n1)N1CCCC(Cc2nc3ccccc3[nH]2)C1. The fourth-order valence-corrected chi connectivity index (χ4v) is 3.51. The first-order valence-corrected chi connectivity index (χ1v) is 8.66. The van der Waals surface area contributed by atoms with E-state index in [0.717, 1.165) is 42.3 Å². The summed E-state index contributed by atoms with van der Waals surface area (Å²) in [6, 6.07) is 9.21. The first-order valence-electron chi connectivity index (χ1n) is 8.66. The van der Waals surface area contributed by atoms with E-state index in [1.807, 2.05) is 24.3 Å². The number of carbonyl (C=O) groups excluding carboxylic acids is 1. The van der Waals surface area contributed by atoms with Crippen LogP contribution in [0.25, 0.3) is 11.0 Å². The Balaban J connectivity index is 1.44. The molecule has 1 atom stereocenters. The van der Waals surface area contributed by atoms with Gasteiger partial charge in [-0.25, -0.2) is 9.67 Å². The van der Waals surface area contributed by atoms with Crippen LogP contribution in [0, 0.1) is 5.92 Å². The number of carbonyl (C=O) groups is 1. The first-order chi connectivity index (χ1) is 12.6. The van der Waals surface area contributed by atoms with Crippen molar-refractivity contribution < 1.29 is 13.6 Å². The number of benzene rings is 1. The fraction of sp³-hybridized carbons (Fsp3) is 0.389. The van der Waals surface area contributed by atoms with Crippen molar-refractivity contribution in [3.63, 3.8) is 0 Å². The van der Waals surface area contributed by atoms with Gasteiger partial charge in [-0.05, 0) is 37.0 Å². The molecule has 3 aromatic rings. The van der Waals surface area contributed by atoms with Crippen molar-refractivity contribution in [1.29, 1.82) is 0 Å². The summed E-state index contributed by atoms with van der Waals surface area (Å²) in [5, 5.41) is 3.68. The average molecular weight is 359 g/mol. The molecule has 1 unspecified atom stereocenters. The van der Waals surface area contributed by atoms with Gasteiger partial charge in [0.2, 0.25) is 0 Å². The summed E-state index contributed by atoms with van der Waals surface area (Å²) in [5.74, 6) is 0.900. The number of H-pyrrole nitrogens is 1. The number of imidazole rings is 1. The molecule has 0 bridgehead atoms. The van der Waals surface area contributed by atoms with Crippen LogP contribution in [-0.2, 0) is 6.42 Å². The third-order valence-electron chi connectivity index (χ3n) is 4.75. The molecule has 8 heteroatoms. The van der Waals surface area contributed by atoms with Crippen molar-refractivity contribution in [3.8, 4) is 0 Å². The molecule has 0 spiro atoms. The van der Waals surface area contributed by atoms with E-state index in [1.54, 1.807) is 4.90 Å². The van der Waals surface area contributed by atoms with Gasteiger partial charge in [0.15, 0.2) is 5.69 Å². The highest BCUT2D eigenvalue weighted by atomic mass is 19.3. The molecule has 2 aromatic heterocycles. The lowest BCUT2D eigenvalue weighted by molar-refractivity contribution is 0.0542. The maximum Gasteiger partial charge on any atom is 0.333 e. The second kappa shape index (κ2) is 6.86. The van der Waals surface area contributed by atoms with Crippen LogP contribution in [-0.4, -0.2) is 43.6 Å². The number of aromatic nitrogens is 4. The largest absolute Gasteiger partial charge is 0.342 e. The molecule has 4 rings (SSSR count). The van der Waals surface area contributed by atoms with Gasteiger partial charge in [-0.2, -0.15) is 13.9 Å². The van der Waals surface area contributed by atoms with Crippen LogP contribution in [0.5, 0.6) is 0 Å². The Morgan fingerprint density at radius 2 is 2.15 bits per heavy atom. The van der Waals surface area contributed by atoms with E-state index in [0.29, 0.717) is 17.8 Å². The summed E-state index contributed by atoms with van der Waals surface area (Å²) in [5.41, 5.74) is 2.00. The number of halogens is 2. The number of alkyl halides is 2.